The molecule has 1 aliphatic heterocycles. The average Bonchev–Trinajstić information content (AvgIpc) is 2.70. The second kappa shape index (κ2) is 4.01. The number of halogens is 3. The topological polar surface area (TPSA) is 13.1 Å². The van der Waals surface area contributed by atoms with Crippen LogP contribution in [0, 0.1) is 0 Å². The van der Waals surface area contributed by atoms with Gasteiger partial charge in [0.2, 0.25) is 0 Å². The van der Waals surface area contributed by atoms with E-state index in [4.69, 9.17) is 4.42 Å². The summed E-state index contributed by atoms with van der Waals surface area (Å²) in [6.45, 7) is -4.95. The van der Waals surface area contributed by atoms with E-state index in [2.05, 4.69) is 0 Å². The summed E-state index contributed by atoms with van der Waals surface area (Å²) in [5, 5.41) is 0. The van der Waals surface area contributed by atoms with Crippen molar-refractivity contribution in [1.29, 1.82) is 0 Å². The molecule has 0 radical (unpaired) electrons. The molecule has 0 spiro atoms. The number of hydrogen-bond donors (Lipinski definition) is 0. The smallest absolute Gasteiger partial charge is 0.470 e. The molecular formula is C8H9BF3OS2-. The van der Waals surface area contributed by atoms with Crippen molar-refractivity contribution in [2.24, 2.45) is 0 Å². The van der Waals surface area contributed by atoms with Crippen LogP contribution in [0.2, 0.25) is 0 Å². The second-order valence-electron chi connectivity index (χ2n) is 3.27. The summed E-state index contributed by atoms with van der Waals surface area (Å²) in [6.07, 6.45) is 2.12. The van der Waals surface area contributed by atoms with Crippen molar-refractivity contribution in [1.82, 2.24) is 0 Å². The lowest BCUT2D eigenvalue weighted by molar-refractivity contribution is 0.427. The third-order valence-electron chi connectivity index (χ3n) is 2.22. The lowest BCUT2D eigenvalue weighted by Gasteiger charge is -2.41. The predicted molar refractivity (Wildman–Crippen MR) is 59.0 cm³/mol. The van der Waals surface area contributed by atoms with Gasteiger partial charge in [0.15, 0.2) is 0 Å². The van der Waals surface area contributed by atoms with E-state index in [0.717, 1.165) is 29.9 Å². The molecule has 15 heavy (non-hydrogen) atoms. The highest BCUT2D eigenvalue weighted by molar-refractivity contribution is 8.20. The van der Waals surface area contributed by atoms with E-state index in [9.17, 15) is 12.9 Å². The van der Waals surface area contributed by atoms with Crippen LogP contribution in [-0.4, -0.2) is 18.5 Å². The van der Waals surface area contributed by atoms with Crippen molar-refractivity contribution in [3.05, 3.63) is 24.2 Å². The fraction of sp³-hybridized carbons (Fsp3) is 0.500. The molecule has 0 unspecified atom stereocenters. The number of rotatable bonds is 2. The summed E-state index contributed by atoms with van der Waals surface area (Å²) in [6, 6.07) is 2.93. The minimum absolute atomic E-state index is 0.0321. The molecule has 0 aromatic carbocycles. The first kappa shape index (κ1) is 11.3. The van der Waals surface area contributed by atoms with E-state index in [-0.39, 0.29) is 5.76 Å². The van der Waals surface area contributed by atoms with Crippen LogP contribution in [0.3, 0.4) is 0 Å². The van der Waals surface area contributed by atoms with Gasteiger partial charge in [-0.1, -0.05) is 0 Å². The molecule has 0 N–H and O–H groups in total. The Kier molecular flexibility index (Phi) is 3.03. The molecule has 1 aromatic heterocycles. The first-order chi connectivity index (χ1) is 7.06. The van der Waals surface area contributed by atoms with E-state index < -0.39 is 11.0 Å². The van der Waals surface area contributed by atoms with Crippen LogP contribution < -0.4 is 0 Å². The van der Waals surface area contributed by atoms with Crippen molar-refractivity contribution in [2.75, 3.05) is 11.5 Å². The molecule has 0 saturated carbocycles. The quantitative estimate of drug-likeness (QED) is 0.746. The first-order valence-electron chi connectivity index (χ1n) is 4.57. The summed E-state index contributed by atoms with van der Waals surface area (Å²) in [5.41, 5.74) is 0. The van der Waals surface area contributed by atoms with E-state index in [0.29, 0.717) is 11.5 Å². The van der Waals surface area contributed by atoms with Gasteiger partial charge < -0.3 is 17.4 Å². The summed E-state index contributed by atoms with van der Waals surface area (Å²) < 4.78 is 42.5. The molecule has 0 bridgehead atoms. The molecule has 0 atom stereocenters. The first-order valence-corrected chi connectivity index (χ1v) is 6.55. The molecule has 1 fully saturated rings. The van der Waals surface area contributed by atoms with Crippen LogP contribution in [0.25, 0.3) is 0 Å². The fourth-order valence-electron chi connectivity index (χ4n) is 1.52. The number of hydrogen-bond acceptors (Lipinski definition) is 3. The van der Waals surface area contributed by atoms with Gasteiger partial charge >= 0.3 is 6.98 Å². The predicted octanol–water partition coefficient (Wildman–Crippen LogP) is 3.69. The van der Waals surface area contributed by atoms with Crippen molar-refractivity contribution >= 4 is 30.5 Å². The highest BCUT2D eigenvalue weighted by Crippen LogP contribution is 2.57. The Hall–Kier alpha value is -0.165. The zero-order chi connectivity index (χ0) is 10.9. The molecule has 1 aliphatic rings. The monoisotopic (exact) mass is 253 g/mol. The molecular weight excluding hydrogens is 244 g/mol. The normalized spacial score (nSPS) is 21.5. The number of thioether (sulfide) groups is 2. The van der Waals surface area contributed by atoms with Crippen molar-refractivity contribution < 1.29 is 17.4 Å². The third kappa shape index (κ3) is 1.91. The Bertz CT molecular complexity index is 319. The highest BCUT2D eigenvalue weighted by atomic mass is 32.2. The summed E-state index contributed by atoms with van der Waals surface area (Å²) in [4.78, 5) is 0. The zero-order valence-electron chi connectivity index (χ0n) is 7.79. The second-order valence-corrected chi connectivity index (χ2v) is 6.21. The maximum atomic E-state index is 13.1. The van der Waals surface area contributed by atoms with E-state index in [1.165, 1.54) is 18.4 Å². The molecule has 0 amide bonds. The zero-order valence-corrected chi connectivity index (χ0v) is 9.42. The van der Waals surface area contributed by atoms with Crippen molar-refractivity contribution in [3.63, 3.8) is 0 Å². The van der Waals surface area contributed by atoms with Crippen LogP contribution in [0.4, 0.5) is 12.9 Å². The summed E-state index contributed by atoms with van der Waals surface area (Å²) in [5.74, 6) is 1.11. The van der Waals surface area contributed by atoms with Gasteiger partial charge in [-0.05, 0) is 30.1 Å². The third-order valence-corrected chi connectivity index (χ3v) is 5.70. The van der Waals surface area contributed by atoms with E-state index in [1.807, 2.05) is 0 Å². The van der Waals surface area contributed by atoms with Crippen LogP contribution in [0.1, 0.15) is 12.2 Å². The van der Waals surface area contributed by atoms with Gasteiger partial charge in [0, 0.05) is 0 Å². The Balaban J connectivity index is 2.39. The lowest BCUT2D eigenvalue weighted by atomic mass is 9.82. The highest BCUT2D eigenvalue weighted by Gasteiger charge is 2.54. The SMILES string of the molecule is F[B-](F)(F)C1(c2ccco2)SCCCS1. The van der Waals surface area contributed by atoms with Crippen LogP contribution >= 0.6 is 23.5 Å². The molecule has 1 saturated heterocycles. The van der Waals surface area contributed by atoms with Crippen LogP contribution in [0.5, 0.6) is 0 Å². The van der Waals surface area contributed by atoms with Gasteiger partial charge in [-0.25, -0.2) is 0 Å². The minimum atomic E-state index is -4.95. The maximum absolute atomic E-state index is 13.1. The Morgan fingerprint density at radius 1 is 1.27 bits per heavy atom. The van der Waals surface area contributed by atoms with Gasteiger partial charge in [0.25, 0.3) is 0 Å². The molecule has 1 aromatic rings. The van der Waals surface area contributed by atoms with Crippen molar-refractivity contribution in [3.8, 4) is 0 Å². The molecule has 0 aliphatic carbocycles. The fourth-order valence-corrected chi connectivity index (χ4v) is 4.61. The average molecular weight is 253 g/mol. The molecule has 7 heteroatoms. The van der Waals surface area contributed by atoms with Crippen LogP contribution in [-0.2, 0) is 3.98 Å². The standard InChI is InChI=1S/C8H9BF3OS2/c10-9(11,12)8(7-3-1-4-13-7)14-5-2-6-15-8/h1,3-4H,2,5-6H2/q-1. The van der Waals surface area contributed by atoms with Crippen molar-refractivity contribution in [2.45, 2.75) is 10.4 Å². The van der Waals surface area contributed by atoms with Gasteiger partial charge in [0.1, 0.15) is 5.76 Å². The lowest BCUT2D eigenvalue weighted by Crippen LogP contribution is -2.43. The Morgan fingerprint density at radius 3 is 2.40 bits per heavy atom. The summed E-state index contributed by atoms with van der Waals surface area (Å²) in [7, 11) is 0. The molecule has 84 valence electrons. The van der Waals surface area contributed by atoms with Gasteiger partial charge in [-0.3, -0.25) is 0 Å². The van der Waals surface area contributed by atoms with Gasteiger partial charge in [-0.2, -0.15) is 23.5 Å². The summed E-state index contributed by atoms with van der Waals surface area (Å²) >= 11 is 1.89. The molecule has 2 rings (SSSR count). The maximum Gasteiger partial charge on any atom is 0.511 e. The van der Waals surface area contributed by atoms with Gasteiger partial charge in [-0.15, -0.1) is 0 Å². The molecule has 1 nitrogen and oxygen atoms in total. The molecule has 2 heterocycles. The van der Waals surface area contributed by atoms with Gasteiger partial charge in [0.05, 0.1) is 10.2 Å². The largest absolute Gasteiger partial charge is 0.511 e. The van der Waals surface area contributed by atoms with Crippen LogP contribution in [0.15, 0.2) is 22.8 Å². The van der Waals surface area contributed by atoms with E-state index in [1.54, 1.807) is 0 Å². The number of furan rings is 1. The minimum Gasteiger partial charge on any atom is -0.470 e. The Labute approximate surface area is 94.2 Å². The van der Waals surface area contributed by atoms with E-state index >= 15 is 0 Å². The Morgan fingerprint density at radius 2 is 1.93 bits per heavy atom.